The molecule has 0 aliphatic heterocycles. The standard InChI is InChI=1S/C22H34N4O2S.HI/c1-7-23-21(25-13-20-26-19(14-29-20)22(4,5)6)24-12-18(27)16-8-10-17(11-9-16)28-15(2)3;/h8-11,14-15,18,27H,7,12-13H2,1-6H3,(H2,23,24,25);1H. The Kier molecular flexibility index (Phi) is 11.1. The van der Waals surface area contributed by atoms with Gasteiger partial charge in [0.2, 0.25) is 0 Å². The molecule has 0 saturated heterocycles. The molecule has 8 heteroatoms. The van der Waals surface area contributed by atoms with Crippen molar-refractivity contribution < 1.29 is 9.84 Å². The van der Waals surface area contributed by atoms with Crippen LogP contribution in [0.15, 0.2) is 34.6 Å². The lowest BCUT2D eigenvalue weighted by molar-refractivity contribution is 0.180. The van der Waals surface area contributed by atoms with E-state index in [2.05, 4.69) is 46.8 Å². The monoisotopic (exact) mass is 546 g/mol. The van der Waals surface area contributed by atoms with Crippen LogP contribution in [-0.2, 0) is 12.0 Å². The maximum atomic E-state index is 10.5. The van der Waals surface area contributed by atoms with Gasteiger partial charge >= 0.3 is 0 Å². The minimum atomic E-state index is -0.640. The molecule has 3 N–H and O–H groups in total. The second-order valence-electron chi connectivity index (χ2n) is 8.20. The molecular formula is C22H35IN4O2S. The van der Waals surface area contributed by atoms with Gasteiger partial charge in [0.25, 0.3) is 0 Å². The highest BCUT2D eigenvalue weighted by Crippen LogP contribution is 2.24. The van der Waals surface area contributed by atoms with E-state index in [-0.39, 0.29) is 35.5 Å². The number of hydrogen-bond acceptors (Lipinski definition) is 5. The lowest BCUT2D eigenvalue weighted by atomic mass is 9.93. The van der Waals surface area contributed by atoms with Gasteiger partial charge in [0.05, 0.1) is 24.4 Å². The molecule has 0 aliphatic carbocycles. The first-order valence-corrected chi connectivity index (χ1v) is 11.0. The van der Waals surface area contributed by atoms with Crippen LogP contribution in [0.25, 0.3) is 0 Å². The molecule has 1 aromatic heterocycles. The number of nitrogens with one attached hydrogen (secondary N) is 2. The third-order valence-corrected chi connectivity index (χ3v) is 4.97. The first-order chi connectivity index (χ1) is 13.7. The largest absolute Gasteiger partial charge is 0.491 e. The fourth-order valence-corrected chi connectivity index (χ4v) is 3.51. The van der Waals surface area contributed by atoms with Crippen molar-refractivity contribution in [2.24, 2.45) is 4.99 Å². The molecule has 1 unspecified atom stereocenters. The predicted molar refractivity (Wildman–Crippen MR) is 136 cm³/mol. The first-order valence-electron chi connectivity index (χ1n) is 10.1. The Labute approximate surface area is 201 Å². The summed E-state index contributed by atoms with van der Waals surface area (Å²) in [5, 5.41) is 20.0. The normalized spacial score (nSPS) is 13.0. The molecule has 0 amide bonds. The topological polar surface area (TPSA) is 78.8 Å². The van der Waals surface area contributed by atoms with Gasteiger partial charge in [-0.15, -0.1) is 35.3 Å². The van der Waals surface area contributed by atoms with E-state index in [4.69, 9.17) is 4.74 Å². The molecule has 1 aromatic carbocycles. The number of ether oxygens (including phenoxy) is 1. The zero-order valence-electron chi connectivity index (χ0n) is 18.7. The summed E-state index contributed by atoms with van der Waals surface area (Å²) in [6, 6.07) is 7.54. The summed E-state index contributed by atoms with van der Waals surface area (Å²) in [4.78, 5) is 9.28. The van der Waals surface area contributed by atoms with Crippen molar-refractivity contribution in [2.75, 3.05) is 13.1 Å². The van der Waals surface area contributed by atoms with Crippen molar-refractivity contribution >= 4 is 41.3 Å². The van der Waals surface area contributed by atoms with Gasteiger partial charge < -0.3 is 20.5 Å². The number of aliphatic imine (C=N–C) groups is 1. The van der Waals surface area contributed by atoms with Crippen LogP contribution in [-0.4, -0.2) is 35.2 Å². The molecule has 2 rings (SSSR count). The molecule has 0 saturated carbocycles. The Bertz CT molecular complexity index is 785. The number of hydrogen-bond donors (Lipinski definition) is 3. The zero-order chi connectivity index (χ0) is 21.4. The van der Waals surface area contributed by atoms with Gasteiger partial charge in [0.1, 0.15) is 10.8 Å². The van der Waals surface area contributed by atoms with Crippen LogP contribution in [0, 0.1) is 0 Å². The average Bonchev–Trinajstić information content (AvgIpc) is 3.13. The smallest absolute Gasteiger partial charge is 0.191 e. The van der Waals surface area contributed by atoms with Gasteiger partial charge in [-0.1, -0.05) is 32.9 Å². The summed E-state index contributed by atoms with van der Waals surface area (Å²) in [5.41, 5.74) is 1.96. The predicted octanol–water partition coefficient (Wildman–Crippen LogP) is 4.63. The molecule has 2 aromatic rings. The van der Waals surface area contributed by atoms with E-state index in [0.717, 1.165) is 28.6 Å². The van der Waals surface area contributed by atoms with Gasteiger partial charge in [0.15, 0.2) is 5.96 Å². The minimum Gasteiger partial charge on any atom is -0.491 e. The fourth-order valence-electron chi connectivity index (χ4n) is 2.57. The van der Waals surface area contributed by atoms with E-state index in [1.54, 1.807) is 11.3 Å². The number of aromatic nitrogens is 1. The molecule has 0 bridgehead atoms. The quantitative estimate of drug-likeness (QED) is 0.256. The van der Waals surface area contributed by atoms with Crippen LogP contribution in [0.2, 0.25) is 0 Å². The van der Waals surface area contributed by atoms with Gasteiger partial charge in [-0.2, -0.15) is 0 Å². The van der Waals surface area contributed by atoms with Gasteiger partial charge in [-0.3, -0.25) is 0 Å². The Balaban J connectivity index is 0.00000450. The summed E-state index contributed by atoms with van der Waals surface area (Å²) < 4.78 is 5.64. The summed E-state index contributed by atoms with van der Waals surface area (Å²) in [6.07, 6.45) is -0.511. The van der Waals surface area contributed by atoms with Crippen LogP contribution in [0.3, 0.4) is 0 Å². The number of thiazole rings is 1. The van der Waals surface area contributed by atoms with Gasteiger partial charge in [-0.25, -0.2) is 9.98 Å². The SMILES string of the molecule is CCNC(=NCc1nc(C(C)(C)C)cs1)NCC(O)c1ccc(OC(C)C)cc1.I. The summed E-state index contributed by atoms with van der Waals surface area (Å²) >= 11 is 1.63. The second-order valence-corrected chi connectivity index (χ2v) is 9.15. The highest BCUT2D eigenvalue weighted by Gasteiger charge is 2.17. The van der Waals surface area contributed by atoms with Crippen LogP contribution >= 0.6 is 35.3 Å². The Hall–Kier alpha value is -1.39. The molecule has 0 fully saturated rings. The highest BCUT2D eigenvalue weighted by molar-refractivity contribution is 14.0. The maximum Gasteiger partial charge on any atom is 0.191 e. The zero-order valence-corrected chi connectivity index (χ0v) is 21.9. The molecule has 0 aliphatic rings. The van der Waals surface area contributed by atoms with Crippen molar-refractivity contribution in [1.29, 1.82) is 0 Å². The van der Waals surface area contributed by atoms with E-state index in [0.29, 0.717) is 19.0 Å². The van der Waals surface area contributed by atoms with E-state index in [1.807, 2.05) is 45.0 Å². The van der Waals surface area contributed by atoms with Crippen LogP contribution in [0.4, 0.5) is 0 Å². The van der Waals surface area contributed by atoms with E-state index < -0.39 is 6.10 Å². The molecule has 1 atom stereocenters. The fraction of sp³-hybridized carbons (Fsp3) is 0.545. The van der Waals surface area contributed by atoms with Crippen molar-refractivity contribution in [3.8, 4) is 5.75 Å². The van der Waals surface area contributed by atoms with Crippen molar-refractivity contribution in [3.05, 3.63) is 45.9 Å². The molecule has 6 nitrogen and oxygen atoms in total. The number of nitrogens with zero attached hydrogens (tertiary/aromatic N) is 2. The molecule has 1 heterocycles. The first kappa shape index (κ1) is 26.6. The van der Waals surface area contributed by atoms with Crippen molar-refractivity contribution in [2.45, 2.75) is 65.7 Å². The van der Waals surface area contributed by atoms with Crippen molar-refractivity contribution in [3.63, 3.8) is 0 Å². The van der Waals surface area contributed by atoms with Gasteiger partial charge in [0, 0.05) is 23.9 Å². The molecule has 30 heavy (non-hydrogen) atoms. The van der Waals surface area contributed by atoms with Crippen LogP contribution < -0.4 is 15.4 Å². The Morgan fingerprint density at radius 2 is 1.87 bits per heavy atom. The summed E-state index contributed by atoms with van der Waals surface area (Å²) in [7, 11) is 0. The molecular weight excluding hydrogens is 511 g/mol. The number of benzene rings is 1. The number of halogens is 1. The van der Waals surface area contributed by atoms with Gasteiger partial charge in [-0.05, 0) is 38.5 Å². The van der Waals surface area contributed by atoms with Crippen LogP contribution in [0.1, 0.15) is 63.9 Å². The highest BCUT2D eigenvalue weighted by atomic mass is 127. The number of aliphatic hydroxyl groups is 1. The summed E-state index contributed by atoms with van der Waals surface area (Å²) in [6.45, 7) is 14.1. The molecule has 0 radical (unpaired) electrons. The third-order valence-electron chi connectivity index (χ3n) is 4.14. The number of aliphatic hydroxyl groups excluding tert-OH is 1. The average molecular weight is 547 g/mol. The Morgan fingerprint density at radius 3 is 2.40 bits per heavy atom. The van der Waals surface area contributed by atoms with Crippen LogP contribution in [0.5, 0.6) is 5.75 Å². The second kappa shape index (κ2) is 12.5. The third kappa shape index (κ3) is 8.77. The Morgan fingerprint density at radius 1 is 1.20 bits per heavy atom. The lowest BCUT2D eigenvalue weighted by Crippen LogP contribution is -2.39. The number of guanidine groups is 1. The lowest BCUT2D eigenvalue weighted by Gasteiger charge is -2.16. The molecule has 168 valence electrons. The molecule has 0 spiro atoms. The van der Waals surface area contributed by atoms with Crippen molar-refractivity contribution in [1.82, 2.24) is 15.6 Å². The number of rotatable bonds is 8. The van der Waals surface area contributed by atoms with E-state index >= 15 is 0 Å². The summed E-state index contributed by atoms with van der Waals surface area (Å²) in [5.74, 6) is 1.47. The van der Waals surface area contributed by atoms with E-state index in [1.165, 1.54) is 0 Å². The maximum absolute atomic E-state index is 10.5. The minimum absolute atomic E-state index is 0. The van der Waals surface area contributed by atoms with E-state index in [9.17, 15) is 5.11 Å².